The van der Waals surface area contributed by atoms with Gasteiger partial charge in [-0.3, -0.25) is 0 Å². The molecule has 0 spiro atoms. The fourth-order valence-electron chi connectivity index (χ4n) is 3.06. The Hall–Kier alpha value is -0.320. The van der Waals surface area contributed by atoms with Crippen LogP contribution >= 0.6 is 0 Å². The Bertz CT molecular complexity index is 262. The van der Waals surface area contributed by atoms with Crippen LogP contribution in [0.15, 0.2) is 0 Å². The molecule has 1 aliphatic heterocycles. The van der Waals surface area contributed by atoms with Crippen molar-refractivity contribution in [3.8, 4) is 0 Å². The molecule has 1 heterocycles. The maximum absolute atomic E-state index is 9.31. The molecule has 1 saturated heterocycles. The van der Waals surface area contributed by atoms with E-state index in [2.05, 4.69) is 0 Å². The molecule has 8 nitrogen and oxygen atoms in total. The van der Waals surface area contributed by atoms with Crippen LogP contribution in [0.3, 0.4) is 0 Å². The number of aliphatic hydroxyl groups is 3. The summed E-state index contributed by atoms with van der Waals surface area (Å²) in [5.74, 6) is 0. The average Bonchev–Trinajstić information content (AvgIpc) is 2.58. The van der Waals surface area contributed by atoms with Gasteiger partial charge in [0.2, 0.25) is 0 Å². The van der Waals surface area contributed by atoms with Crippen LogP contribution < -0.4 is 14.7 Å². The predicted molar refractivity (Wildman–Crippen MR) is 89.6 cm³/mol. The summed E-state index contributed by atoms with van der Waals surface area (Å²) in [5, 5.41) is 27.8. The molecule has 0 aromatic carbocycles. The monoisotopic (exact) mass is 352 g/mol. The molecule has 0 radical (unpaired) electrons. The Morgan fingerprint density at radius 2 is 0.833 bits per heavy atom. The quantitative estimate of drug-likeness (QED) is 0.286. The van der Waals surface area contributed by atoms with Gasteiger partial charge in [-0.05, 0) is 0 Å². The molecule has 144 valence electrons. The number of ether oxygens (including phenoxy) is 2. The summed E-state index contributed by atoms with van der Waals surface area (Å²) in [4.78, 5) is 4.05. The highest BCUT2D eigenvalue weighted by Crippen LogP contribution is 1.77. The summed E-state index contributed by atoms with van der Waals surface area (Å²) in [6, 6.07) is 0. The Kier molecular flexibility index (Phi) is 13.6. The Morgan fingerprint density at radius 1 is 0.500 bits per heavy atom. The number of quaternary nitrogens is 3. The molecule has 0 aliphatic carbocycles. The van der Waals surface area contributed by atoms with Crippen LogP contribution in [0.2, 0.25) is 0 Å². The second-order valence-electron chi connectivity index (χ2n) is 6.40. The third kappa shape index (κ3) is 10.5. The van der Waals surface area contributed by atoms with E-state index in [0.717, 1.165) is 58.9 Å². The minimum atomic E-state index is 0.183. The summed E-state index contributed by atoms with van der Waals surface area (Å²) in [5.41, 5.74) is 0. The minimum absolute atomic E-state index is 0.183. The zero-order chi connectivity index (χ0) is 17.5. The van der Waals surface area contributed by atoms with Crippen molar-refractivity contribution in [2.45, 2.75) is 0 Å². The molecule has 1 rings (SSSR count). The molecule has 0 bridgehead atoms. The molecule has 0 aromatic rings. The van der Waals surface area contributed by atoms with Crippen molar-refractivity contribution >= 4 is 0 Å². The second-order valence-corrected chi connectivity index (χ2v) is 6.40. The first-order valence-corrected chi connectivity index (χ1v) is 9.29. The summed E-state index contributed by atoms with van der Waals surface area (Å²) in [7, 11) is 0. The third-order valence-corrected chi connectivity index (χ3v) is 4.63. The molecule has 0 amide bonds. The highest BCUT2D eigenvalue weighted by molar-refractivity contribution is 4.39. The number of aliphatic hydroxyl groups excluding tert-OH is 3. The fraction of sp³-hybridized carbons (Fsp3) is 1.00. The lowest BCUT2D eigenvalue weighted by Crippen LogP contribution is -3.24. The molecule has 2 atom stereocenters. The molecule has 1 aliphatic rings. The van der Waals surface area contributed by atoms with Gasteiger partial charge in [-0.1, -0.05) is 0 Å². The van der Waals surface area contributed by atoms with Crippen molar-refractivity contribution in [3.05, 3.63) is 0 Å². The third-order valence-electron chi connectivity index (χ3n) is 4.63. The van der Waals surface area contributed by atoms with E-state index in [9.17, 15) is 15.3 Å². The summed E-state index contributed by atoms with van der Waals surface area (Å²) < 4.78 is 11.2. The molecule has 8 heteroatoms. The van der Waals surface area contributed by atoms with Crippen LogP contribution in [0.4, 0.5) is 0 Å². The molecule has 0 saturated carbocycles. The Labute approximate surface area is 145 Å². The summed E-state index contributed by atoms with van der Waals surface area (Å²) in [6.45, 7) is 10.9. The van der Waals surface area contributed by atoms with Gasteiger partial charge in [0.15, 0.2) is 0 Å². The van der Waals surface area contributed by atoms with Gasteiger partial charge in [0, 0.05) is 0 Å². The first kappa shape index (κ1) is 21.7. The van der Waals surface area contributed by atoms with Gasteiger partial charge in [0.1, 0.15) is 58.9 Å². The Balaban J connectivity index is 2.56. The number of rotatable bonds is 6. The van der Waals surface area contributed by atoms with Crippen LogP contribution in [0.1, 0.15) is 0 Å². The standard InChI is InChI=1S/C16H35N3O5/c20-10-5-17-1-3-18(6-11-21)8-13-23-15-16-24-14-9-19(4-2-17)7-12-22/h20-22H,1-16H2/p+3. The molecule has 1 fully saturated rings. The number of nitrogens with one attached hydrogen (secondary N) is 3. The number of hydrogen-bond acceptors (Lipinski definition) is 5. The molecule has 6 N–H and O–H groups in total. The van der Waals surface area contributed by atoms with Crippen LogP contribution in [0.25, 0.3) is 0 Å². The molecular weight excluding hydrogens is 314 g/mol. The maximum atomic E-state index is 9.31. The summed E-state index contributed by atoms with van der Waals surface area (Å²) in [6.07, 6.45) is 0. The fourth-order valence-corrected chi connectivity index (χ4v) is 3.06. The molecule has 2 unspecified atom stereocenters. The van der Waals surface area contributed by atoms with E-state index in [1.807, 2.05) is 0 Å². The van der Waals surface area contributed by atoms with Crippen LogP contribution in [-0.4, -0.2) is 120 Å². The maximum Gasteiger partial charge on any atom is 0.127 e. The van der Waals surface area contributed by atoms with E-state index in [0.29, 0.717) is 26.4 Å². The lowest BCUT2D eigenvalue weighted by molar-refractivity contribution is -0.980. The van der Waals surface area contributed by atoms with Crippen molar-refractivity contribution in [1.29, 1.82) is 0 Å². The lowest BCUT2D eigenvalue weighted by atomic mass is 10.3. The Morgan fingerprint density at radius 3 is 1.17 bits per heavy atom. The topological polar surface area (TPSA) is 92.5 Å². The average molecular weight is 352 g/mol. The SMILES string of the molecule is OCC[NH+]1CCOCCOCC[NH+](CCO)CC[NH+](CCO)CC1. The highest BCUT2D eigenvalue weighted by Gasteiger charge is 2.17. The predicted octanol–water partition coefficient (Wildman–Crippen LogP) is -6.34. The van der Waals surface area contributed by atoms with Gasteiger partial charge in [0.05, 0.1) is 46.2 Å². The zero-order valence-electron chi connectivity index (χ0n) is 15.0. The van der Waals surface area contributed by atoms with Crippen LogP contribution in [-0.2, 0) is 9.47 Å². The van der Waals surface area contributed by atoms with Crippen molar-refractivity contribution in [3.63, 3.8) is 0 Å². The van der Waals surface area contributed by atoms with Crippen molar-refractivity contribution < 1.29 is 39.5 Å². The van der Waals surface area contributed by atoms with E-state index < -0.39 is 0 Å². The van der Waals surface area contributed by atoms with Gasteiger partial charge in [0.25, 0.3) is 0 Å². The molecular formula is C16H38N3O5+3. The van der Waals surface area contributed by atoms with Gasteiger partial charge in [-0.15, -0.1) is 0 Å². The van der Waals surface area contributed by atoms with E-state index in [4.69, 9.17) is 9.47 Å². The minimum Gasteiger partial charge on any atom is -0.391 e. The van der Waals surface area contributed by atoms with E-state index in [-0.39, 0.29) is 19.8 Å². The first-order valence-electron chi connectivity index (χ1n) is 9.29. The van der Waals surface area contributed by atoms with Gasteiger partial charge < -0.3 is 39.5 Å². The van der Waals surface area contributed by atoms with Crippen molar-refractivity contribution in [2.75, 3.05) is 105 Å². The zero-order valence-corrected chi connectivity index (χ0v) is 15.0. The lowest BCUT2D eigenvalue weighted by Gasteiger charge is -2.24. The normalized spacial score (nSPS) is 28.9. The molecule has 0 aromatic heterocycles. The van der Waals surface area contributed by atoms with Gasteiger partial charge in [-0.2, -0.15) is 0 Å². The second kappa shape index (κ2) is 15.0. The van der Waals surface area contributed by atoms with Crippen LogP contribution in [0.5, 0.6) is 0 Å². The van der Waals surface area contributed by atoms with Gasteiger partial charge >= 0.3 is 0 Å². The smallest absolute Gasteiger partial charge is 0.127 e. The van der Waals surface area contributed by atoms with E-state index >= 15 is 0 Å². The van der Waals surface area contributed by atoms with Crippen LogP contribution in [0, 0.1) is 0 Å². The molecule has 24 heavy (non-hydrogen) atoms. The van der Waals surface area contributed by atoms with Gasteiger partial charge in [-0.25, -0.2) is 0 Å². The van der Waals surface area contributed by atoms with Crippen molar-refractivity contribution in [1.82, 2.24) is 0 Å². The number of hydrogen-bond donors (Lipinski definition) is 6. The summed E-state index contributed by atoms with van der Waals surface area (Å²) >= 11 is 0. The van der Waals surface area contributed by atoms with Crippen molar-refractivity contribution in [2.24, 2.45) is 0 Å². The van der Waals surface area contributed by atoms with E-state index in [1.54, 1.807) is 0 Å². The highest BCUT2D eigenvalue weighted by atomic mass is 16.5. The first-order chi connectivity index (χ1) is 11.8. The van der Waals surface area contributed by atoms with E-state index in [1.165, 1.54) is 14.7 Å². The largest absolute Gasteiger partial charge is 0.391 e.